The maximum absolute atomic E-state index is 5.60. The fraction of sp³-hybridized carbons (Fsp3) is 0.429. The van der Waals surface area contributed by atoms with Crippen LogP contribution >= 0.6 is 12.2 Å². The molecular formula is C14H20N4S. The van der Waals surface area contributed by atoms with Crippen molar-refractivity contribution >= 4 is 28.1 Å². The van der Waals surface area contributed by atoms with Crippen LogP contribution in [0.5, 0.6) is 0 Å². The number of aromatic nitrogens is 2. The van der Waals surface area contributed by atoms with Gasteiger partial charge in [0.1, 0.15) is 0 Å². The molecule has 0 bridgehead atoms. The zero-order valence-corrected chi connectivity index (χ0v) is 12.4. The summed E-state index contributed by atoms with van der Waals surface area (Å²) in [5.41, 5.74) is 7.86. The molecule has 0 saturated heterocycles. The van der Waals surface area contributed by atoms with E-state index in [0.717, 1.165) is 24.2 Å². The molecule has 5 heteroatoms. The fourth-order valence-corrected chi connectivity index (χ4v) is 2.49. The predicted molar refractivity (Wildman–Crippen MR) is 83.0 cm³/mol. The van der Waals surface area contributed by atoms with Gasteiger partial charge in [-0.3, -0.25) is 9.58 Å². The molecule has 1 atom stereocenters. The summed E-state index contributed by atoms with van der Waals surface area (Å²) < 4.78 is 1.93. The van der Waals surface area contributed by atoms with E-state index in [1.807, 2.05) is 23.9 Å². The average Bonchev–Trinajstić information content (AvgIpc) is 2.66. The summed E-state index contributed by atoms with van der Waals surface area (Å²) in [4.78, 5) is 2.79. The standard InChI is InChI=1S/C14H20N4S/c1-10(8-14(15)19)17(2)9-12-11-6-4-5-7-13(11)18(3)16-12/h4-7,10H,8-9H2,1-3H3,(H2,15,19). The third-order valence-electron chi connectivity index (χ3n) is 3.48. The Morgan fingerprint density at radius 2 is 2.16 bits per heavy atom. The molecule has 2 rings (SSSR count). The van der Waals surface area contributed by atoms with Crippen molar-refractivity contribution < 1.29 is 0 Å². The summed E-state index contributed by atoms with van der Waals surface area (Å²) in [6.07, 6.45) is 0.733. The molecule has 102 valence electrons. The van der Waals surface area contributed by atoms with Crippen LogP contribution < -0.4 is 5.73 Å². The third kappa shape index (κ3) is 3.11. The maximum Gasteiger partial charge on any atom is 0.0843 e. The first kappa shape index (κ1) is 14.0. The van der Waals surface area contributed by atoms with Crippen molar-refractivity contribution in [1.29, 1.82) is 0 Å². The van der Waals surface area contributed by atoms with Crippen molar-refractivity contribution in [2.75, 3.05) is 7.05 Å². The monoisotopic (exact) mass is 276 g/mol. The first-order valence-electron chi connectivity index (χ1n) is 6.38. The Hall–Kier alpha value is -1.46. The van der Waals surface area contributed by atoms with Gasteiger partial charge in [-0.1, -0.05) is 30.4 Å². The van der Waals surface area contributed by atoms with Gasteiger partial charge in [-0.2, -0.15) is 5.10 Å². The van der Waals surface area contributed by atoms with Gasteiger partial charge in [0.15, 0.2) is 0 Å². The number of aryl methyl sites for hydroxylation is 1. The van der Waals surface area contributed by atoms with Crippen LogP contribution in [0.25, 0.3) is 10.9 Å². The largest absolute Gasteiger partial charge is 0.393 e. The summed E-state index contributed by atoms with van der Waals surface area (Å²) in [5.74, 6) is 0. The highest BCUT2D eigenvalue weighted by molar-refractivity contribution is 7.80. The first-order chi connectivity index (χ1) is 8.99. The average molecular weight is 276 g/mol. The predicted octanol–water partition coefficient (Wildman–Crippen LogP) is 2.07. The summed E-state index contributed by atoms with van der Waals surface area (Å²) in [6.45, 7) is 2.93. The van der Waals surface area contributed by atoms with Gasteiger partial charge < -0.3 is 5.73 Å². The lowest BCUT2D eigenvalue weighted by molar-refractivity contribution is 0.252. The Kier molecular flexibility index (Phi) is 4.17. The molecule has 0 spiro atoms. The summed E-state index contributed by atoms with van der Waals surface area (Å²) in [7, 11) is 4.05. The smallest absolute Gasteiger partial charge is 0.0843 e. The Bertz CT molecular complexity index is 590. The minimum absolute atomic E-state index is 0.318. The van der Waals surface area contributed by atoms with Crippen molar-refractivity contribution in [3.8, 4) is 0 Å². The van der Waals surface area contributed by atoms with Gasteiger partial charge in [-0.15, -0.1) is 0 Å². The highest BCUT2D eigenvalue weighted by atomic mass is 32.1. The van der Waals surface area contributed by atoms with Crippen LogP contribution in [-0.2, 0) is 13.6 Å². The molecule has 0 fully saturated rings. The number of fused-ring (bicyclic) bond motifs is 1. The lowest BCUT2D eigenvalue weighted by Gasteiger charge is -2.23. The van der Waals surface area contributed by atoms with E-state index >= 15 is 0 Å². The van der Waals surface area contributed by atoms with Crippen LogP contribution in [-0.4, -0.2) is 32.8 Å². The SMILES string of the molecule is CC(CC(N)=S)N(C)Cc1nn(C)c2ccccc12. The highest BCUT2D eigenvalue weighted by Crippen LogP contribution is 2.19. The zero-order valence-electron chi connectivity index (χ0n) is 11.6. The molecule has 0 amide bonds. The van der Waals surface area contributed by atoms with Gasteiger partial charge in [-0.25, -0.2) is 0 Å². The van der Waals surface area contributed by atoms with E-state index in [0.29, 0.717) is 11.0 Å². The molecular weight excluding hydrogens is 256 g/mol. The number of nitrogens with zero attached hydrogens (tertiary/aromatic N) is 3. The highest BCUT2D eigenvalue weighted by Gasteiger charge is 2.14. The van der Waals surface area contributed by atoms with Crippen molar-refractivity contribution in [3.63, 3.8) is 0 Å². The van der Waals surface area contributed by atoms with Gasteiger partial charge in [0.05, 0.1) is 16.2 Å². The van der Waals surface area contributed by atoms with Crippen LogP contribution in [0.4, 0.5) is 0 Å². The van der Waals surface area contributed by atoms with Crippen molar-refractivity contribution in [2.45, 2.75) is 25.9 Å². The van der Waals surface area contributed by atoms with Crippen molar-refractivity contribution in [3.05, 3.63) is 30.0 Å². The van der Waals surface area contributed by atoms with E-state index in [2.05, 4.69) is 36.1 Å². The van der Waals surface area contributed by atoms with E-state index in [9.17, 15) is 0 Å². The molecule has 0 aliphatic carbocycles. The topological polar surface area (TPSA) is 47.1 Å². The van der Waals surface area contributed by atoms with Gasteiger partial charge in [0, 0.05) is 31.4 Å². The normalized spacial score (nSPS) is 13.1. The lowest BCUT2D eigenvalue weighted by Crippen LogP contribution is -2.32. The van der Waals surface area contributed by atoms with Crippen molar-refractivity contribution in [1.82, 2.24) is 14.7 Å². The Morgan fingerprint density at radius 1 is 1.47 bits per heavy atom. The van der Waals surface area contributed by atoms with Crippen LogP contribution in [0.2, 0.25) is 0 Å². The van der Waals surface area contributed by atoms with E-state index in [1.54, 1.807) is 0 Å². The molecule has 1 aromatic carbocycles. The van der Waals surface area contributed by atoms with Gasteiger partial charge in [-0.05, 0) is 20.0 Å². The second-order valence-corrected chi connectivity index (χ2v) is 5.55. The van der Waals surface area contributed by atoms with E-state index in [4.69, 9.17) is 18.0 Å². The van der Waals surface area contributed by atoms with Gasteiger partial charge in [0.25, 0.3) is 0 Å². The first-order valence-corrected chi connectivity index (χ1v) is 6.79. The quantitative estimate of drug-likeness (QED) is 0.849. The zero-order chi connectivity index (χ0) is 14.0. The van der Waals surface area contributed by atoms with E-state index < -0.39 is 0 Å². The van der Waals surface area contributed by atoms with Crippen LogP contribution in [0, 0.1) is 0 Å². The molecule has 0 saturated carbocycles. The molecule has 19 heavy (non-hydrogen) atoms. The van der Waals surface area contributed by atoms with E-state index in [-0.39, 0.29) is 0 Å². The number of nitrogens with two attached hydrogens (primary N) is 1. The minimum atomic E-state index is 0.318. The number of rotatable bonds is 5. The Labute approximate surface area is 119 Å². The van der Waals surface area contributed by atoms with Crippen molar-refractivity contribution in [2.24, 2.45) is 12.8 Å². The van der Waals surface area contributed by atoms with Gasteiger partial charge >= 0.3 is 0 Å². The number of para-hydroxylation sites is 1. The molecule has 2 aromatic rings. The number of thiocarbonyl (C=S) groups is 1. The van der Waals surface area contributed by atoms with Crippen LogP contribution in [0.1, 0.15) is 19.0 Å². The summed E-state index contributed by atoms with van der Waals surface area (Å²) >= 11 is 4.97. The fourth-order valence-electron chi connectivity index (χ4n) is 2.24. The maximum atomic E-state index is 5.60. The van der Waals surface area contributed by atoms with E-state index in [1.165, 1.54) is 5.39 Å². The molecule has 0 aliphatic heterocycles. The Morgan fingerprint density at radius 3 is 2.84 bits per heavy atom. The molecule has 0 radical (unpaired) electrons. The van der Waals surface area contributed by atoms with Gasteiger partial charge in [0.2, 0.25) is 0 Å². The second kappa shape index (κ2) is 5.67. The Balaban J connectivity index is 2.19. The van der Waals surface area contributed by atoms with Crippen LogP contribution in [0.15, 0.2) is 24.3 Å². The number of benzene rings is 1. The molecule has 2 N–H and O–H groups in total. The summed E-state index contributed by atoms with van der Waals surface area (Å²) in [5, 5.41) is 5.81. The molecule has 1 heterocycles. The third-order valence-corrected chi connectivity index (χ3v) is 3.65. The molecule has 4 nitrogen and oxygen atoms in total. The molecule has 0 aliphatic rings. The molecule has 1 aromatic heterocycles. The summed E-state index contributed by atoms with van der Waals surface area (Å²) in [6, 6.07) is 8.60. The molecule has 1 unspecified atom stereocenters. The second-order valence-electron chi connectivity index (χ2n) is 5.02. The number of hydrogen-bond acceptors (Lipinski definition) is 3. The van der Waals surface area contributed by atoms with Crippen LogP contribution in [0.3, 0.4) is 0 Å². The number of hydrogen-bond donors (Lipinski definition) is 1. The minimum Gasteiger partial charge on any atom is -0.393 e. The lowest BCUT2D eigenvalue weighted by atomic mass is 10.1.